The molecule has 0 bridgehead atoms. The Morgan fingerprint density at radius 3 is 2.60 bits per heavy atom. The number of nitrogens with one attached hydrogen (secondary N) is 1. The van der Waals surface area contributed by atoms with Crippen molar-refractivity contribution < 1.29 is 4.74 Å². The third kappa shape index (κ3) is 5.12. The number of methoxy groups -OCH3 is 1. The van der Waals surface area contributed by atoms with Crippen LogP contribution in [0.1, 0.15) is 25.2 Å². The Labute approximate surface area is 208 Å². The monoisotopic (exact) mass is 475 g/mol. The average Bonchev–Trinajstić information content (AvgIpc) is 3.08. The van der Waals surface area contributed by atoms with E-state index in [-0.39, 0.29) is 5.41 Å². The molecule has 0 radical (unpaired) electrons. The molecule has 186 valence electrons. The highest BCUT2D eigenvalue weighted by Gasteiger charge is 2.37. The maximum absolute atomic E-state index is 6.44. The van der Waals surface area contributed by atoms with E-state index >= 15 is 0 Å². The van der Waals surface area contributed by atoms with Gasteiger partial charge in [-0.2, -0.15) is 0 Å². The lowest BCUT2D eigenvalue weighted by Gasteiger charge is -2.25. The Balaban J connectivity index is 1.61. The maximum Gasteiger partial charge on any atom is 0.144 e. The van der Waals surface area contributed by atoms with Gasteiger partial charge in [-0.3, -0.25) is 4.98 Å². The summed E-state index contributed by atoms with van der Waals surface area (Å²) in [6, 6.07) is 12.2. The van der Waals surface area contributed by atoms with E-state index in [9.17, 15) is 0 Å². The molecule has 0 unspecified atom stereocenters. The zero-order valence-corrected chi connectivity index (χ0v) is 21.9. The highest BCUT2D eigenvalue weighted by atomic mass is 16.5. The second kappa shape index (κ2) is 9.62. The molecule has 2 aromatic heterocycles. The van der Waals surface area contributed by atoms with Crippen molar-refractivity contribution in [1.82, 2.24) is 14.9 Å². The van der Waals surface area contributed by atoms with E-state index in [0.29, 0.717) is 11.4 Å². The fourth-order valence-corrected chi connectivity index (χ4v) is 4.50. The summed E-state index contributed by atoms with van der Waals surface area (Å²) in [5, 5.41) is 3.41. The van der Waals surface area contributed by atoms with Gasteiger partial charge in [-0.25, -0.2) is 4.98 Å². The zero-order chi connectivity index (χ0) is 25.3. The number of pyridine rings is 2. The molecule has 0 spiro atoms. The lowest BCUT2D eigenvalue weighted by molar-refractivity contribution is 0.413. The number of benzene rings is 1. The van der Waals surface area contributed by atoms with E-state index in [4.69, 9.17) is 15.5 Å². The van der Waals surface area contributed by atoms with Crippen LogP contribution in [0.3, 0.4) is 0 Å². The molecule has 1 aromatic carbocycles. The van der Waals surface area contributed by atoms with E-state index in [1.54, 1.807) is 7.11 Å². The number of likely N-dealkylation sites (N-methyl/N-ethyl adjacent to an activating group) is 2. The Morgan fingerprint density at radius 2 is 1.89 bits per heavy atom. The summed E-state index contributed by atoms with van der Waals surface area (Å²) in [5.41, 5.74) is 13.2. The first-order valence-corrected chi connectivity index (χ1v) is 11.9. The number of ether oxygens (including phenoxy) is 1. The molecule has 0 amide bonds. The number of nitrogens with zero attached hydrogens (tertiary/aromatic N) is 5. The van der Waals surface area contributed by atoms with Crippen LogP contribution in [0.4, 0.5) is 34.3 Å². The molecule has 1 aliphatic rings. The van der Waals surface area contributed by atoms with Crippen LogP contribution < -0.4 is 25.6 Å². The van der Waals surface area contributed by atoms with Crippen molar-refractivity contribution in [3.05, 3.63) is 54.0 Å². The van der Waals surface area contributed by atoms with E-state index < -0.39 is 0 Å². The lowest BCUT2D eigenvalue weighted by atomic mass is 9.91. The van der Waals surface area contributed by atoms with Gasteiger partial charge in [0, 0.05) is 61.8 Å². The summed E-state index contributed by atoms with van der Waals surface area (Å²) in [5.74, 6) is 1.44. The van der Waals surface area contributed by atoms with Gasteiger partial charge in [-0.1, -0.05) is 13.8 Å². The van der Waals surface area contributed by atoms with Crippen molar-refractivity contribution in [2.24, 2.45) is 0 Å². The van der Waals surface area contributed by atoms with E-state index in [1.165, 1.54) is 0 Å². The number of hydrogen-bond acceptors (Lipinski definition) is 8. The van der Waals surface area contributed by atoms with Crippen molar-refractivity contribution in [2.45, 2.75) is 26.2 Å². The van der Waals surface area contributed by atoms with Crippen LogP contribution in [0.5, 0.6) is 5.75 Å². The molecule has 3 aromatic rings. The van der Waals surface area contributed by atoms with Crippen molar-refractivity contribution >= 4 is 34.3 Å². The highest BCUT2D eigenvalue weighted by Crippen LogP contribution is 2.44. The first-order chi connectivity index (χ1) is 16.6. The second-order valence-electron chi connectivity index (χ2n) is 10.2. The van der Waals surface area contributed by atoms with Gasteiger partial charge >= 0.3 is 0 Å². The third-order valence-electron chi connectivity index (χ3n) is 6.46. The van der Waals surface area contributed by atoms with Crippen LogP contribution in [0.2, 0.25) is 0 Å². The third-order valence-corrected chi connectivity index (χ3v) is 6.46. The molecule has 3 N–H and O–H groups in total. The van der Waals surface area contributed by atoms with E-state index in [2.05, 4.69) is 71.1 Å². The SMILES string of the molecule is COc1cc(N(C)CCN(C)C)c(N)cc1Nc1cc(N2CC(C)(C)c3nc(C)ccc32)ccn1. The standard InChI is InChI=1S/C27H37N7O/c1-18-8-9-22-26(30-18)27(2,3)17-34(22)19-10-11-29-25(14-19)31-21-15-20(28)23(16-24(21)35-7)33(6)13-12-32(4)5/h8-11,14-16H,12-13,17,28H2,1-7H3,(H,29,31). The van der Waals surface area contributed by atoms with Gasteiger partial charge < -0.3 is 30.5 Å². The Morgan fingerprint density at radius 1 is 1.11 bits per heavy atom. The number of fused-ring (bicyclic) bond motifs is 1. The summed E-state index contributed by atoms with van der Waals surface area (Å²) >= 11 is 0. The minimum Gasteiger partial charge on any atom is -0.494 e. The first-order valence-electron chi connectivity index (χ1n) is 11.9. The summed E-state index contributed by atoms with van der Waals surface area (Å²) < 4.78 is 5.70. The summed E-state index contributed by atoms with van der Waals surface area (Å²) in [4.78, 5) is 16.0. The second-order valence-corrected chi connectivity index (χ2v) is 10.2. The molecule has 8 heteroatoms. The molecule has 35 heavy (non-hydrogen) atoms. The zero-order valence-electron chi connectivity index (χ0n) is 21.9. The van der Waals surface area contributed by atoms with Gasteiger partial charge in [0.2, 0.25) is 0 Å². The van der Waals surface area contributed by atoms with Gasteiger partial charge in [0.1, 0.15) is 11.6 Å². The molecular weight excluding hydrogens is 438 g/mol. The van der Waals surface area contributed by atoms with Crippen molar-refractivity contribution in [3.63, 3.8) is 0 Å². The number of aromatic nitrogens is 2. The molecule has 0 atom stereocenters. The smallest absolute Gasteiger partial charge is 0.144 e. The highest BCUT2D eigenvalue weighted by molar-refractivity contribution is 5.80. The van der Waals surface area contributed by atoms with Crippen LogP contribution in [0, 0.1) is 6.92 Å². The lowest BCUT2D eigenvalue weighted by Crippen LogP contribution is -2.29. The number of rotatable bonds is 8. The maximum atomic E-state index is 6.44. The van der Waals surface area contributed by atoms with Crippen LogP contribution in [-0.2, 0) is 5.41 Å². The first kappa shape index (κ1) is 24.6. The molecule has 0 saturated carbocycles. The number of hydrogen-bond donors (Lipinski definition) is 2. The van der Waals surface area contributed by atoms with Gasteiger partial charge in [-0.05, 0) is 45.3 Å². The van der Waals surface area contributed by atoms with Crippen LogP contribution in [-0.4, -0.2) is 62.8 Å². The fraction of sp³-hybridized carbons (Fsp3) is 0.407. The summed E-state index contributed by atoms with van der Waals surface area (Å²) in [6.45, 7) is 9.16. The molecule has 0 aliphatic carbocycles. The van der Waals surface area contributed by atoms with Gasteiger partial charge in [0.25, 0.3) is 0 Å². The Hall–Kier alpha value is -3.52. The topological polar surface area (TPSA) is 82.8 Å². The quantitative estimate of drug-likeness (QED) is 0.459. The number of nitrogens with two attached hydrogens (primary N) is 1. The van der Waals surface area contributed by atoms with Crippen LogP contribution in [0.15, 0.2) is 42.6 Å². The Kier molecular flexibility index (Phi) is 6.76. The fourth-order valence-electron chi connectivity index (χ4n) is 4.50. The molecule has 0 saturated heterocycles. The number of anilines is 6. The molecule has 0 fully saturated rings. The van der Waals surface area contributed by atoms with E-state index in [1.807, 2.05) is 38.4 Å². The summed E-state index contributed by atoms with van der Waals surface area (Å²) in [6.07, 6.45) is 1.82. The molecule has 1 aliphatic heterocycles. The average molecular weight is 476 g/mol. The minimum absolute atomic E-state index is 0.0374. The summed E-state index contributed by atoms with van der Waals surface area (Å²) in [7, 11) is 7.83. The molecule has 4 rings (SSSR count). The Bertz CT molecular complexity index is 1210. The van der Waals surface area contributed by atoms with Gasteiger partial charge in [0.05, 0.1) is 35.6 Å². The predicted octanol–water partition coefficient (Wildman–Crippen LogP) is 4.55. The largest absolute Gasteiger partial charge is 0.494 e. The normalized spacial score (nSPS) is 14.2. The van der Waals surface area contributed by atoms with E-state index in [0.717, 1.165) is 59.6 Å². The van der Waals surface area contributed by atoms with Gasteiger partial charge in [0.15, 0.2) is 0 Å². The number of nitrogen functional groups attached to an aromatic ring is 1. The van der Waals surface area contributed by atoms with Crippen molar-refractivity contribution in [3.8, 4) is 5.75 Å². The predicted molar refractivity (Wildman–Crippen MR) is 146 cm³/mol. The van der Waals surface area contributed by atoms with Crippen molar-refractivity contribution in [1.29, 1.82) is 0 Å². The molecular formula is C27H37N7O. The van der Waals surface area contributed by atoms with Gasteiger partial charge in [-0.15, -0.1) is 0 Å². The van der Waals surface area contributed by atoms with Crippen LogP contribution in [0.25, 0.3) is 0 Å². The minimum atomic E-state index is -0.0374. The number of aryl methyl sites for hydroxylation is 1. The van der Waals surface area contributed by atoms with Crippen LogP contribution >= 0.6 is 0 Å². The molecule has 3 heterocycles. The van der Waals surface area contributed by atoms with Crippen molar-refractivity contribution in [2.75, 3.05) is 68.7 Å². The molecule has 8 nitrogen and oxygen atoms in total.